The first kappa shape index (κ1) is 29.3. The molecule has 6 aromatic rings. The number of ether oxygens (including phenoxy) is 1. The molecular weight excluding hydrogens is 562 g/mol. The molecule has 7 nitrogen and oxygen atoms in total. The van der Waals surface area contributed by atoms with E-state index in [-0.39, 0.29) is 17.3 Å². The maximum Gasteiger partial charge on any atom is 0.344 e. The van der Waals surface area contributed by atoms with Crippen molar-refractivity contribution in [1.29, 1.82) is 0 Å². The fraction of sp³-hybridized carbons (Fsp3) is 0.105. The van der Waals surface area contributed by atoms with Gasteiger partial charge in [-0.15, -0.1) is 0 Å². The number of carboxylic acids is 1. The van der Waals surface area contributed by atoms with Crippen LogP contribution in [0.5, 0.6) is 11.5 Å². The predicted molar refractivity (Wildman–Crippen MR) is 176 cm³/mol. The molecule has 7 heteroatoms. The van der Waals surface area contributed by atoms with Crippen molar-refractivity contribution in [3.05, 3.63) is 127 Å². The van der Waals surface area contributed by atoms with E-state index in [1.165, 1.54) is 6.07 Å². The topological polar surface area (TPSA) is 105 Å². The fourth-order valence-corrected chi connectivity index (χ4v) is 5.07. The zero-order valence-corrected chi connectivity index (χ0v) is 24.7. The van der Waals surface area contributed by atoms with Crippen LogP contribution in [-0.2, 0) is 4.79 Å². The number of benzene rings is 5. The molecule has 1 unspecified atom stereocenters. The second-order valence-corrected chi connectivity index (χ2v) is 10.6. The molecule has 0 aliphatic carbocycles. The molecule has 0 saturated heterocycles. The number of hydrogen-bond donors (Lipinski definition) is 2. The number of aromatic hydroxyl groups is 1. The number of carbonyl (C=O) groups is 1. The third-order valence-electron chi connectivity index (χ3n) is 7.45. The highest BCUT2D eigenvalue weighted by molar-refractivity contribution is 5.75. The minimum Gasteiger partial charge on any atom is -0.507 e. The lowest BCUT2D eigenvalue weighted by Crippen LogP contribution is -2.26. The van der Waals surface area contributed by atoms with E-state index in [1.807, 2.05) is 91.9 Å². The van der Waals surface area contributed by atoms with Gasteiger partial charge < -0.3 is 14.9 Å². The molecular formula is C38H31N3O4. The summed E-state index contributed by atoms with van der Waals surface area (Å²) in [5, 5.41) is 20.5. The van der Waals surface area contributed by atoms with Crippen molar-refractivity contribution in [2.75, 3.05) is 0 Å². The van der Waals surface area contributed by atoms with Crippen molar-refractivity contribution >= 4 is 5.97 Å². The average molecular weight is 594 g/mol. The second kappa shape index (κ2) is 13.2. The minimum atomic E-state index is -1.05. The number of aromatic nitrogens is 3. The highest BCUT2D eigenvalue weighted by Gasteiger charge is 2.20. The number of aliphatic carboxylic acids is 1. The van der Waals surface area contributed by atoms with E-state index in [9.17, 15) is 15.0 Å². The molecule has 1 heterocycles. The third-order valence-corrected chi connectivity index (χ3v) is 7.45. The van der Waals surface area contributed by atoms with E-state index in [4.69, 9.17) is 19.7 Å². The Kier molecular flexibility index (Phi) is 8.60. The fourth-order valence-electron chi connectivity index (χ4n) is 5.07. The smallest absolute Gasteiger partial charge is 0.344 e. The molecule has 45 heavy (non-hydrogen) atoms. The van der Waals surface area contributed by atoms with Gasteiger partial charge in [0, 0.05) is 17.2 Å². The van der Waals surface area contributed by atoms with Gasteiger partial charge in [0.15, 0.2) is 23.6 Å². The van der Waals surface area contributed by atoms with Crippen molar-refractivity contribution < 1.29 is 19.7 Å². The molecule has 6 rings (SSSR count). The molecule has 2 N–H and O–H groups in total. The Morgan fingerprint density at radius 2 is 1.07 bits per heavy atom. The molecule has 1 aromatic heterocycles. The summed E-state index contributed by atoms with van der Waals surface area (Å²) in [7, 11) is 0. The Hall–Kier alpha value is -5.82. The lowest BCUT2D eigenvalue weighted by Gasteiger charge is -2.15. The summed E-state index contributed by atoms with van der Waals surface area (Å²) in [6, 6.07) is 40.9. The maximum atomic E-state index is 11.6. The van der Waals surface area contributed by atoms with Gasteiger partial charge in [0.25, 0.3) is 0 Å². The third kappa shape index (κ3) is 6.73. The van der Waals surface area contributed by atoms with E-state index >= 15 is 0 Å². The molecule has 0 saturated carbocycles. The molecule has 0 aliphatic heterocycles. The van der Waals surface area contributed by atoms with E-state index in [0.29, 0.717) is 30.1 Å². The van der Waals surface area contributed by atoms with Crippen LogP contribution in [0.2, 0.25) is 0 Å². The summed E-state index contributed by atoms with van der Waals surface area (Å²) >= 11 is 0. The Bertz CT molecular complexity index is 1810. The van der Waals surface area contributed by atoms with Crippen LogP contribution in [0.1, 0.15) is 19.8 Å². The molecule has 0 bridgehead atoms. The van der Waals surface area contributed by atoms with Gasteiger partial charge in [-0.05, 0) is 40.8 Å². The van der Waals surface area contributed by atoms with Crippen molar-refractivity contribution in [2.24, 2.45) is 0 Å². The van der Waals surface area contributed by atoms with Crippen LogP contribution in [0.25, 0.3) is 56.4 Å². The molecule has 0 spiro atoms. The number of phenolic OH excluding ortho intramolecular Hbond substituents is 1. The number of carboxylic acid groups (broad SMARTS) is 1. The highest BCUT2D eigenvalue weighted by atomic mass is 16.5. The Labute approximate surface area is 261 Å². The quantitative estimate of drug-likeness (QED) is 0.164. The van der Waals surface area contributed by atoms with E-state index in [0.717, 1.165) is 33.4 Å². The number of nitrogens with zero attached hydrogens (tertiary/aromatic N) is 3. The molecule has 0 fully saturated rings. The van der Waals surface area contributed by atoms with Gasteiger partial charge in [-0.1, -0.05) is 123 Å². The van der Waals surface area contributed by atoms with Crippen LogP contribution >= 0.6 is 0 Å². The van der Waals surface area contributed by atoms with Crippen molar-refractivity contribution in [1.82, 2.24) is 15.0 Å². The Morgan fingerprint density at radius 1 is 0.622 bits per heavy atom. The standard InChI is InChI=1S/C38H31N3O4/c1-2-9-34(38(43)44)45-31-22-23-32(33(42)24-31)37-40-35(29-18-14-27(15-19-29)25-10-5-3-6-11-25)39-36(41-37)30-20-16-28(17-21-30)26-12-7-4-8-13-26/h3-8,10-24,34,42H,2,9H2,1H3,(H,43,44). The van der Waals surface area contributed by atoms with Crippen LogP contribution < -0.4 is 4.74 Å². The molecule has 0 radical (unpaired) electrons. The highest BCUT2D eigenvalue weighted by Crippen LogP contribution is 2.34. The number of phenols is 1. The summed E-state index contributed by atoms with van der Waals surface area (Å²) in [5.41, 5.74) is 6.32. The van der Waals surface area contributed by atoms with Crippen LogP contribution in [0.15, 0.2) is 127 Å². The number of rotatable bonds is 10. The van der Waals surface area contributed by atoms with Crippen molar-refractivity contribution in [2.45, 2.75) is 25.9 Å². The molecule has 5 aromatic carbocycles. The minimum absolute atomic E-state index is 0.130. The first-order valence-electron chi connectivity index (χ1n) is 14.8. The Balaban J connectivity index is 1.39. The van der Waals surface area contributed by atoms with Crippen LogP contribution in [-0.4, -0.2) is 37.2 Å². The normalized spacial score (nSPS) is 11.6. The van der Waals surface area contributed by atoms with E-state index in [2.05, 4.69) is 24.3 Å². The van der Waals surface area contributed by atoms with Crippen molar-refractivity contribution in [3.63, 3.8) is 0 Å². The zero-order valence-electron chi connectivity index (χ0n) is 24.7. The van der Waals surface area contributed by atoms with Gasteiger partial charge in [0.05, 0.1) is 5.56 Å². The van der Waals surface area contributed by atoms with Gasteiger partial charge in [0.1, 0.15) is 11.5 Å². The van der Waals surface area contributed by atoms with Gasteiger partial charge in [-0.3, -0.25) is 0 Å². The van der Waals surface area contributed by atoms with Crippen LogP contribution in [0.3, 0.4) is 0 Å². The lowest BCUT2D eigenvalue weighted by molar-refractivity contribution is -0.145. The summed E-state index contributed by atoms with van der Waals surface area (Å²) in [6.07, 6.45) is -0.00591. The molecule has 222 valence electrons. The van der Waals surface area contributed by atoms with Crippen LogP contribution in [0.4, 0.5) is 0 Å². The van der Waals surface area contributed by atoms with E-state index < -0.39 is 12.1 Å². The zero-order chi connectivity index (χ0) is 31.2. The van der Waals surface area contributed by atoms with Gasteiger partial charge in [-0.25, -0.2) is 19.7 Å². The van der Waals surface area contributed by atoms with Gasteiger partial charge in [0.2, 0.25) is 0 Å². The molecule has 0 amide bonds. The lowest BCUT2D eigenvalue weighted by atomic mass is 10.0. The summed E-state index contributed by atoms with van der Waals surface area (Å²) in [6.45, 7) is 1.89. The van der Waals surface area contributed by atoms with Crippen molar-refractivity contribution in [3.8, 4) is 67.9 Å². The Morgan fingerprint density at radius 3 is 1.51 bits per heavy atom. The number of hydrogen-bond acceptors (Lipinski definition) is 6. The monoisotopic (exact) mass is 593 g/mol. The first-order valence-corrected chi connectivity index (χ1v) is 14.8. The maximum absolute atomic E-state index is 11.6. The average Bonchev–Trinajstić information content (AvgIpc) is 3.09. The van der Waals surface area contributed by atoms with E-state index in [1.54, 1.807) is 12.1 Å². The van der Waals surface area contributed by atoms with Crippen LogP contribution in [0, 0.1) is 0 Å². The summed E-state index contributed by atoms with van der Waals surface area (Å²) < 4.78 is 5.66. The van der Waals surface area contributed by atoms with Gasteiger partial charge >= 0.3 is 5.97 Å². The first-order chi connectivity index (χ1) is 22.0. The largest absolute Gasteiger partial charge is 0.507 e. The predicted octanol–water partition coefficient (Wildman–Crippen LogP) is 8.54. The SMILES string of the molecule is CCCC(Oc1ccc(-c2nc(-c3ccc(-c4ccccc4)cc3)nc(-c3ccc(-c4ccccc4)cc3)n2)c(O)c1)C(=O)O. The molecule has 0 aliphatic rings. The van der Waals surface area contributed by atoms with Gasteiger partial charge in [-0.2, -0.15) is 0 Å². The summed E-state index contributed by atoms with van der Waals surface area (Å²) in [4.78, 5) is 26.0. The second-order valence-electron chi connectivity index (χ2n) is 10.6. The summed E-state index contributed by atoms with van der Waals surface area (Å²) in [5.74, 6) is 0.255. The molecule has 1 atom stereocenters.